The summed E-state index contributed by atoms with van der Waals surface area (Å²) in [5.74, 6) is -0.0906. The van der Waals surface area contributed by atoms with E-state index in [0.29, 0.717) is 37.7 Å². The Hall–Kier alpha value is -2.60. The van der Waals surface area contributed by atoms with E-state index >= 15 is 0 Å². The summed E-state index contributed by atoms with van der Waals surface area (Å²) in [6.45, 7) is 12.4. The third kappa shape index (κ3) is 11.3. The molecule has 0 spiro atoms. The van der Waals surface area contributed by atoms with Gasteiger partial charge in [0.05, 0.1) is 32.2 Å². The Morgan fingerprint density at radius 1 is 0.800 bits per heavy atom. The van der Waals surface area contributed by atoms with Gasteiger partial charge < -0.3 is 9.47 Å². The minimum atomic E-state index is -0.252. The molecule has 6 nitrogen and oxygen atoms in total. The number of carbonyl (C=O) groups excluding carboxylic acids is 1. The van der Waals surface area contributed by atoms with Crippen LogP contribution in [0, 0.1) is 12.8 Å². The first-order valence-corrected chi connectivity index (χ1v) is 18.3. The number of nitrogens with zero attached hydrogens (tertiary/aromatic N) is 2. The summed E-state index contributed by atoms with van der Waals surface area (Å²) in [7, 11) is 0. The molecule has 1 aliphatic rings. The van der Waals surface area contributed by atoms with Crippen LogP contribution in [-0.4, -0.2) is 28.5 Å². The molecule has 0 fully saturated rings. The molecule has 1 unspecified atom stereocenters. The van der Waals surface area contributed by atoms with Crippen LogP contribution in [0.15, 0.2) is 29.1 Å². The molecule has 0 amide bonds. The van der Waals surface area contributed by atoms with Gasteiger partial charge in [-0.25, -0.2) is 9.36 Å². The number of fused-ring (bicyclic) bond motifs is 1. The van der Waals surface area contributed by atoms with Gasteiger partial charge in [0.1, 0.15) is 5.56 Å². The van der Waals surface area contributed by atoms with Crippen molar-refractivity contribution in [3.8, 4) is 17.0 Å². The van der Waals surface area contributed by atoms with Crippen molar-refractivity contribution in [3.05, 3.63) is 51.3 Å². The number of benzene rings is 1. The molecule has 0 aliphatic carbocycles. The lowest BCUT2D eigenvalue weighted by molar-refractivity contribution is -0.139. The zero-order chi connectivity index (χ0) is 32.4. The Morgan fingerprint density at radius 2 is 1.33 bits per heavy atom. The lowest BCUT2D eigenvalue weighted by atomic mass is 9.91. The van der Waals surface area contributed by atoms with E-state index in [-0.39, 0.29) is 17.4 Å². The molecular weight excluding hydrogens is 560 g/mol. The first-order chi connectivity index (χ1) is 21.9. The minimum Gasteiger partial charge on any atom is -0.407 e. The average Bonchev–Trinajstić information content (AvgIpc) is 3.17. The molecule has 1 aromatic carbocycles. The summed E-state index contributed by atoms with van der Waals surface area (Å²) < 4.78 is 15.4. The predicted molar refractivity (Wildman–Crippen MR) is 187 cm³/mol. The highest BCUT2D eigenvalue weighted by Gasteiger charge is 2.29. The molecule has 2 heterocycles. The number of esters is 1. The van der Waals surface area contributed by atoms with Gasteiger partial charge in [-0.2, -0.15) is 0 Å². The maximum atomic E-state index is 13.9. The quantitative estimate of drug-likeness (QED) is 0.0790. The topological polar surface area (TPSA) is 62.5 Å². The molecule has 1 aromatic heterocycles. The van der Waals surface area contributed by atoms with E-state index in [4.69, 9.17) is 9.47 Å². The number of rotatable bonds is 21. The third-order valence-electron chi connectivity index (χ3n) is 9.29. The van der Waals surface area contributed by atoms with E-state index in [1.165, 1.54) is 82.6 Å². The summed E-state index contributed by atoms with van der Waals surface area (Å²) >= 11 is 0. The van der Waals surface area contributed by atoms with Crippen molar-refractivity contribution in [2.24, 2.45) is 5.92 Å². The maximum Gasteiger partial charge on any atom is 0.315 e. The van der Waals surface area contributed by atoms with Crippen LogP contribution < -0.4 is 10.3 Å². The van der Waals surface area contributed by atoms with Crippen molar-refractivity contribution >= 4 is 5.97 Å². The van der Waals surface area contributed by atoms with E-state index in [1.54, 1.807) is 4.68 Å². The van der Waals surface area contributed by atoms with Crippen molar-refractivity contribution in [2.45, 2.75) is 157 Å². The van der Waals surface area contributed by atoms with Crippen molar-refractivity contribution in [2.75, 3.05) is 13.2 Å². The van der Waals surface area contributed by atoms with E-state index in [0.717, 1.165) is 48.8 Å². The van der Waals surface area contributed by atoms with Crippen LogP contribution in [0.1, 0.15) is 141 Å². The lowest BCUT2D eigenvalue weighted by Crippen LogP contribution is -2.24. The molecule has 252 valence electrons. The fourth-order valence-corrected chi connectivity index (χ4v) is 6.57. The summed E-state index contributed by atoms with van der Waals surface area (Å²) in [4.78, 5) is 27.3. The van der Waals surface area contributed by atoms with Crippen LogP contribution in [0.2, 0.25) is 0 Å². The van der Waals surface area contributed by atoms with Gasteiger partial charge in [-0.15, -0.1) is 0 Å². The van der Waals surface area contributed by atoms with Crippen LogP contribution in [-0.2, 0) is 35.5 Å². The van der Waals surface area contributed by atoms with Gasteiger partial charge in [-0.3, -0.25) is 9.59 Å². The highest BCUT2D eigenvalue weighted by molar-refractivity contribution is 5.80. The fraction of sp³-hybridized carbons (Fsp3) is 0.692. The molecule has 1 atom stereocenters. The third-order valence-corrected chi connectivity index (χ3v) is 9.29. The Balaban J connectivity index is 1.49. The van der Waals surface area contributed by atoms with Gasteiger partial charge in [0.2, 0.25) is 5.88 Å². The monoisotopic (exact) mass is 622 g/mol. The molecule has 0 radical (unpaired) electrons. The van der Waals surface area contributed by atoms with Crippen LogP contribution in [0.4, 0.5) is 0 Å². The summed E-state index contributed by atoms with van der Waals surface area (Å²) in [5, 5.41) is 0. The van der Waals surface area contributed by atoms with Gasteiger partial charge in [0.15, 0.2) is 0 Å². The normalized spacial score (nSPS) is 14.1. The molecule has 6 heteroatoms. The van der Waals surface area contributed by atoms with Crippen LogP contribution in [0.3, 0.4) is 0 Å². The predicted octanol–water partition coefficient (Wildman–Crippen LogP) is 9.75. The zero-order valence-electron chi connectivity index (χ0n) is 29.3. The second-order valence-electron chi connectivity index (χ2n) is 13.1. The molecule has 2 aromatic rings. The summed E-state index contributed by atoms with van der Waals surface area (Å²) in [5.41, 5.74) is 4.80. The highest BCUT2D eigenvalue weighted by atomic mass is 16.5. The largest absolute Gasteiger partial charge is 0.407 e. The standard InChI is InChI=1S/C39H62N2O4/c1-6-9-10-11-12-13-14-15-16-17-18-19-20-21-22-23-24-32(5)39(43)45-38-36(37(42)40-25-27-44-28-26-41(38)40)35-33(7-2)29-31(4)30-34(35)8-3/h15-16,29-30,32H,6-14,17-28H2,1-5H3/b16-15-. The van der Waals surface area contributed by atoms with Crippen molar-refractivity contribution < 1.29 is 14.3 Å². The van der Waals surface area contributed by atoms with Crippen LogP contribution in [0.5, 0.6) is 5.88 Å². The fourth-order valence-electron chi connectivity index (χ4n) is 6.57. The Labute approximate surface area is 273 Å². The molecular formula is C39H62N2O4. The number of ether oxygens (including phenoxy) is 2. The number of hydrogen-bond acceptors (Lipinski definition) is 4. The van der Waals surface area contributed by atoms with Crippen molar-refractivity contribution in [1.29, 1.82) is 0 Å². The van der Waals surface area contributed by atoms with Crippen molar-refractivity contribution in [3.63, 3.8) is 0 Å². The highest BCUT2D eigenvalue weighted by Crippen LogP contribution is 2.36. The second-order valence-corrected chi connectivity index (χ2v) is 13.1. The molecule has 0 saturated carbocycles. The zero-order valence-corrected chi connectivity index (χ0v) is 29.3. The molecule has 0 bridgehead atoms. The number of aryl methyl sites for hydroxylation is 3. The number of allylic oxidation sites excluding steroid dienone is 2. The van der Waals surface area contributed by atoms with Crippen LogP contribution in [0.25, 0.3) is 11.1 Å². The average molecular weight is 623 g/mol. The SMILES string of the molecule is CCCCCCCC/C=C\CCCCCCCCC(C)C(=O)Oc1c(-c2c(CC)cc(C)cc2CC)c(=O)n2n1CCOCC2. The molecule has 0 saturated heterocycles. The van der Waals surface area contributed by atoms with E-state index in [9.17, 15) is 9.59 Å². The van der Waals surface area contributed by atoms with Gasteiger partial charge in [-0.05, 0) is 68.6 Å². The van der Waals surface area contributed by atoms with Gasteiger partial charge in [-0.1, -0.05) is 122 Å². The van der Waals surface area contributed by atoms with E-state index < -0.39 is 0 Å². The van der Waals surface area contributed by atoms with Gasteiger partial charge in [0.25, 0.3) is 5.56 Å². The maximum absolute atomic E-state index is 13.9. The summed E-state index contributed by atoms with van der Waals surface area (Å²) in [6, 6.07) is 4.32. The van der Waals surface area contributed by atoms with Gasteiger partial charge in [0, 0.05) is 0 Å². The smallest absolute Gasteiger partial charge is 0.315 e. The first-order valence-electron chi connectivity index (χ1n) is 18.3. The van der Waals surface area contributed by atoms with Gasteiger partial charge >= 0.3 is 5.97 Å². The molecule has 3 rings (SSSR count). The number of hydrogen-bond donors (Lipinski definition) is 0. The van der Waals surface area contributed by atoms with E-state index in [2.05, 4.69) is 52.0 Å². The lowest BCUT2D eigenvalue weighted by Gasteiger charge is -2.17. The second kappa shape index (κ2) is 20.5. The van der Waals surface area contributed by atoms with Crippen molar-refractivity contribution in [1.82, 2.24) is 9.36 Å². The molecule has 0 N–H and O–H groups in total. The molecule has 1 aliphatic heterocycles. The minimum absolute atomic E-state index is 0.0995. The summed E-state index contributed by atoms with van der Waals surface area (Å²) in [6.07, 6.45) is 25.0. The Morgan fingerprint density at radius 3 is 1.91 bits per heavy atom. The number of aromatic nitrogens is 2. The Bertz CT molecular complexity index is 1230. The number of unbranched alkanes of at least 4 members (excludes halogenated alkanes) is 12. The van der Waals surface area contributed by atoms with E-state index in [1.807, 2.05) is 11.6 Å². The molecule has 45 heavy (non-hydrogen) atoms. The first kappa shape index (κ1) is 36.9. The Kier molecular flexibility index (Phi) is 16.8. The number of carbonyl (C=O) groups is 1. The van der Waals surface area contributed by atoms with Crippen LogP contribution >= 0.6 is 0 Å².